The maximum Gasteiger partial charge on any atom is 0.255 e. The molecule has 0 spiro atoms. The lowest BCUT2D eigenvalue weighted by atomic mass is 10.1. The third-order valence-corrected chi connectivity index (χ3v) is 3.39. The second-order valence-corrected chi connectivity index (χ2v) is 5.15. The summed E-state index contributed by atoms with van der Waals surface area (Å²) in [5.74, 6) is 0.574. The van der Waals surface area contributed by atoms with Gasteiger partial charge in [-0.05, 0) is 30.9 Å². The summed E-state index contributed by atoms with van der Waals surface area (Å²) < 4.78 is 5.49. The van der Waals surface area contributed by atoms with Crippen LogP contribution in [0.2, 0.25) is 0 Å². The Kier molecular flexibility index (Phi) is 4.25. The van der Waals surface area contributed by atoms with Gasteiger partial charge in [0, 0.05) is 19.3 Å². The fraction of sp³-hybridized carbons (Fsp3) is 0.400. The zero-order valence-corrected chi connectivity index (χ0v) is 11.7. The number of ether oxygens (including phenoxy) is 1. The standard InChI is InChI=1S/C15H18N4O2/c20-15(17-7-8-21-10-11-4-5-11)12-9-18-19-14(12)13-3-1-2-6-16-13/h1-3,6,9,11H,4-5,7-8,10H2,(H,17,20)(H,18,19). The highest BCUT2D eigenvalue weighted by atomic mass is 16.5. The summed E-state index contributed by atoms with van der Waals surface area (Å²) in [5, 5.41) is 9.60. The predicted molar refractivity (Wildman–Crippen MR) is 77.7 cm³/mol. The SMILES string of the molecule is O=C(NCCOCC1CC1)c1cn[nH]c1-c1ccccn1. The van der Waals surface area contributed by atoms with Crippen LogP contribution in [0.25, 0.3) is 11.4 Å². The van der Waals surface area contributed by atoms with Crippen LogP contribution in [0.4, 0.5) is 0 Å². The van der Waals surface area contributed by atoms with Crippen molar-refractivity contribution < 1.29 is 9.53 Å². The number of amides is 1. The van der Waals surface area contributed by atoms with Crippen LogP contribution in [0.1, 0.15) is 23.2 Å². The third-order valence-electron chi connectivity index (χ3n) is 3.39. The van der Waals surface area contributed by atoms with Crippen LogP contribution in [0.3, 0.4) is 0 Å². The number of hydrogen-bond donors (Lipinski definition) is 2. The molecule has 0 unspecified atom stereocenters. The molecule has 6 nitrogen and oxygen atoms in total. The van der Waals surface area contributed by atoms with Crippen LogP contribution in [0.15, 0.2) is 30.6 Å². The van der Waals surface area contributed by atoms with Crippen LogP contribution in [0.5, 0.6) is 0 Å². The molecule has 1 aliphatic carbocycles. The number of carbonyl (C=O) groups excluding carboxylic acids is 1. The van der Waals surface area contributed by atoms with Gasteiger partial charge < -0.3 is 10.1 Å². The smallest absolute Gasteiger partial charge is 0.255 e. The highest BCUT2D eigenvalue weighted by Crippen LogP contribution is 2.28. The topological polar surface area (TPSA) is 79.9 Å². The van der Waals surface area contributed by atoms with E-state index in [0.717, 1.165) is 12.5 Å². The summed E-state index contributed by atoms with van der Waals surface area (Å²) >= 11 is 0. The van der Waals surface area contributed by atoms with E-state index in [1.54, 1.807) is 6.20 Å². The molecule has 3 rings (SSSR count). The number of rotatable bonds is 7. The first-order valence-corrected chi connectivity index (χ1v) is 7.15. The van der Waals surface area contributed by atoms with Crippen molar-refractivity contribution >= 4 is 5.91 Å². The summed E-state index contributed by atoms with van der Waals surface area (Å²) in [7, 11) is 0. The van der Waals surface area contributed by atoms with Gasteiger partial charge >= 0.3 is 0 Å². The molecule has 0 saturated heterocycles. The highest BCUT2D eigenvalue weighted by Gasteiger charge is 2.21. The average molecular weight is 286 g/mol. The van der Waals surface area contributed by atoms with Crippen LogP contribution in [0, 0.1) is 5.92 Å². The van der Waals surface area contributed by atoms with Crippen molar-refractivity contribution in [3.05, 3.63) is 36.2 Å². The number of aromatic nitrogens is 3. The minimum absolute atomic E-state index is 0.167. The van der Waals surface area contributed by atoms with E-state index in [1.807, 2.05) is 18.2 Å². The van der Waals surface area contributed by atoms with E-state index in [1.165, 1.54) is 19.0 Å². The molecule has 1 amide bonds. The van der Waals surface area contributed by atoms with E-state index in [0.29, 0.717) is 30.1 Å². The van der Waals surface area contributed by atoms with Crippen molar-refractivity contribution in [2.24, 2.45) is 5.92 Å². The van der Waals surface area contributed by atoms with Gasteiger partial charge in [-0.1, -0.05) is 6.07 Å². The Morgan fingerprint density at radius 1 is 1.43 bits per heavy atom. The molecule has 1 aliphatic rings. The predicted octanol–water partition coefficient (Wildman–Crippen LogP) is 1.63. The van der Waals surface area contributed by atoms with Crippen molar-refractivity contribution in [3.63, 3.8) is 0 Å². The third kappa shape index (κ3) is 3.66. The number of carbonyl (C=O) groups is 1. The van der Waals surface area contributed by atoms with Gasteiger partial charge in [0.15, 0.2) is 0 Å². The van der Waals surface area contributed by atoms with Gasteiger partial charge in [0.05, 0.1) is 29.8 Å². The van der Waals surface area contributed by atoms with E-state index in [9.17, 15) is 4.79 Å². The fourth-order valence-electron chi connectivity index (χ4n) is 2.03. The number of hydrogen-bond acceptors (Lipinski definition) is 4. The van der Waals surface area contributed by atoms with Crippen molar-refractivity contribution in [2.45, 2.75) is 12.8 Å². The maximum atomic E-state index is 12.2. The quantitative estimate of drug-likeness (QED) is 0.758. The molecule has 1 saturated carbocycles. The summed E-state index contributed by atoms with van der Waals surface area (Å²) in [4.78, 5) is 16.4. The zero-order chi connectivity index (χ0) is 14.5. The number of H-pyrrole nitrogens is 1. The zero-order valence-electron chi connectivity index (χ0n) is 11.7. The molecule has 1 fully saturated rings. The molecular weight excluding hydrogens is 268 g/mol. The molecule has 0 aliphatic heterocycles. The van der Waals surface area contributed by atoms with E-state index in [4.69, 9.17) is 4.74 Å². The maximum absolute atomic E-state index is 12.2. The molecule has 0 bridgehead atoms. The molecule has 2 aromatic heterocycles. The van der Waals surface area contributed by atoms with Crippen molar-refractivity contribution in [1.82, 2.24) is 20.5 Å². The Bertz CT molecular complexity index is 593. The van der Waals surface area contributed by atoms with Crippen LogP contribution >= 0.6 is 0 Å². The number of nitrogens with zero attached hydrogens (tertiary/aromatic N) is 2. The lowest BCUT2D eigenvalue weighted by Crippen LogP contribution is -2.27. The number of aromatic amines is 1. The van der Waals surface area contributed by atoms with Gasteiger partial charge in [-0.2, -0.15) is 5.10 Å². The Labute approximate surface area is 122 Å². The summed E-state index contributed by atoms with van der Waals surface area (Å²) in [5.41, 5.74) is 1.83. The minimum atomic E-state index is -0.167. The van der Waals surface area contributed by atoms with Gasteiger partial charge in [0.2, 0.25) is 0 Å². The highest BCUT2D eigenvalue weighted by molar-refractivity contribution is 5.99. The Hall–Kier alpha value is -2.21. The molecule has 110 valence electrons. The number of pyridine rings is 1. The molecule has 6 heteroatoms. The molecule has 0 atom stereocenters. The van der Waals surface area contributed by atoms with E-state index >= 15 is 0 Å². The minimum Gasteiger partial charge on any atom is -0.379 e. The number of nitrogens with one attached hydrogen (secondary N) is 2. The molecule has 2 N–H and O–H groups in total. The summed E-state index contributed by atoms with van der Waals surface area (Å²) in [6.07, 6.45) is 5.75. The van der Waals surface area contributed by atoms with E-state index in [2.05, 4.69) is 20.5 Å². The Balaban J connectivity index is 1.53. The van der Waals surface area contributed by atoms with Gasteiger partial charge in [-0.25, -0.2) is 0 Å². The van der Waals surface area contributed by atoms with Crippen molar-refractivity contribution in [1.29, 1.82) is 0 Å². The summed E-state index contributed by atoms with van der Waals surface area (Å²) in [6, 6.07) is 5.54. The fourth-order valence-corrected chi connectivity index (χ4v) is 2.03. The average Bonchev–Trinajstić information content (AvgIpc) is 3.21. The van der Waals surface area contributed by atoms with Crippen LogP contribution in [-0.2, 0) is 4.74 Å². The van der Waals surface area contributed by atoms with Gasteiger partial charge in [-0.3, -0.25) is 14.9 Å². The second-order valence-electron chi connectivity index (χ2n) is 5.15. The second kappa shape index (κ2) is 6.49. The van der Waals surface area contributed by atoms with Gasteiger partial charge in [0.25, 0.3) is 5.91 Å². The van der Waals surface area contributed by atoms with Crippen LogP contribution < -0.4 is 5.32 Å². The van der Waals surface area contributed by atoms with Crippen molar-refractivity contribution in [2.75, 3.05) is 19.8 Å². The van der Waals surface area contributed by atoms with E-state index in [-0.39, 0.29) is 5.91 Å². The Morgan fingerprint density at radius 2 is 2.33 bits per heavy atom. The Morgan fingerprint density at radius 3 is 3.10 bits per heavy atom. The molecular formula is C15H18N4O2. The first-order valence-electron chi connectivity index (χ1n) is 7.15. The molecule has 2 aromatic rings. The molecule has 0 radical (unpaired) electrons. The van der Waals surface area contributed by atoms with E-state index < -0.39 is 0 Å². The lowest BCUT2D eigenvalue weighted by Gasteiger charge is -2.06. The lowest BCUT2D eigenvalue weighted by molar-refractivity contribution is 0.0907. The first kappa shape index (κ1) is 13.8. The molecule has 21 heavy (non-hydrogen) atoms. The summed E-state index contributed by atoms with van der Waals surface area (Å²) in [6.45, 7) is 1.85. The van der Waals surface area contributed by atoms with Crippen LogP contribution in [-0.4, -0.2) is 40.8 Å². The van der Waals surface area contributed by atoms with Gasteiger partial charge in [-0.15, -0.1) is 0 Å². The van der Waals surface area contributed by atoms with Gasteiger partial charge in [0.1, 0.15) is 0 Å². The van der Waals surface area contributed by atoms with Crippen molar-refractivity contribution in [3.8, 4) is 11.4 Å². The molecule has 2 heterocycles. The molecule has 0 aromatic carbocycles. The first-order chi connectivity index (χ1) is 10.3. The monoisotopic (exact) mass is 286 g/mol. The normalized spacial score (nSPS) is 14.1. The largest absolute Gasteiger partial charge is 0.379 e.